The third-order valence-corrected chi connectivity index (χ3v) is 4.29. The highest BCUT2D eigenvalue weighted by atomic mass is 35.5. The van der Waals surface area contributed by atoms with E-state index < -0.39 is 5.91 Å². The van der Waals surface area contributed by atoms with E-state index in [4.69, 9.17) is 23.2 Å². The Labute approximate surface area is 161 Å². The van der Waals surface area contributed by atoms with E-state index >= 15 is 0 Å². The molecule has 3 aromatic heterocycles. The number of nitrogens with one attached hydrogen (secondary N) is 2. The number of para-hydroxylation sites is 2. The Morgan fingerprint density at radius 2 is 1.96 bits per heavy atom. The number of H-pyrrole nitrogens is 1. The molecule has 134 valence electrons. The Kier molecular flexibility index (Phi) is 4.35. The van der Waals surface area contributed by atoms with E-state index in [-0.39, 0.29) is 21.4 Å². The van der Waals surface area contributed by atoms with Crippen molar-refractivity contribution in [3.05, 3.63) is 75.1 Å². The second-order valence-electron chi connectivity index (χ2n) is 5.46. The second kappa shape index (κ2) is 6.82. The molecule has 1 aromatic carbocycles. The summed E-state index contributed by atoms with van der Waals surface area (Å²) >= 11 is 11.9. The number of aromatic amines is 1. The van der Waals surface area contributed by atoms with Crippen molar-refractivity contribution in [3.63, 3.8) is 0 Å². The van der Waals surface area contributed by atoms with E-state index in [9.17, 15) is 9.59 Å². The smallest absolute Gasteiger partial charge is 0.275 e. The number of nitrogens with zero attached hydrogens (tertiary/aromatic N) is 4. The number of halogens is 2. The first-order valence-corrected chi connectivity index (χ1v) is 8.44. The van der Waals surface area contributed by atoms with Crippen LogP contribution in [0.2, 0.25) is 10.2 Å². The molecule has 0 aliphatic rings. The van der Waals surface area contributed by atoms with Gasteiger partial charge < -0.3 is 10.3 Å². The lowest BCUT2D eigenvalue weighted by molar-refractivity contribution is 0.102. The molecule has 0 atom stereocenters. The van der Waals surface area contributed by atoms with Crippen molar-refractivity contribution in [1.29, 1.82) is 0 Å². The third kappa shape index (κ3) is 3.16. The van der Waals surface area contributed by atoms with Crippen molar-refractivity contribution in [3.8, 4) is 5.69 Å². The molecule has 4 aromatic rings. The Bertz CT molecular complexity index is 1230. The molecule has 27 heavy (non-hydrogen) atoms. The fraction of sp³-hybridized carbons (Fsp3) is 0. The van der Waals surface area contributed by atoms with E-state index in [1.807, 2.05) is 0 Å². The highest BCUT2D eigenvalue weighted by molar-refractivity contribution is 6.35. The lowest BCUT2D eigenvalue weighted by Gasteiger charge is -2.12. The van der Waals surface area contributed by atoms with Crippen LogP contribution in [0.1, 0.15) is 10.5 Å². The predicted molar refractivity (Wildman–Crippen MR) is 102 cm³/mol. The Morgan fingerprint density at radius 1 is 1.15 bits per heavy atom. The van der Waals surface area contributed by atoms with Crippen LogP contribution in [0.3, 0.4) is 0 Å². The van der Waals surface area contributed by atoms with Crippen molar-refractivity contribution in [2.24, 2.45) is 0 Å². The molecule has 0 unspecified atom stereocenters. The Hall–Kier alpha value is -3.23. The number of hydrogen-bond donors (Lipinski definition) is 2. The molecule has 0 radical (unpaired) electrons. The van der Waals surface area contributed by atoms with Crippen molar-refractivity contribution in [1.82, 2.24) is 24.7 Å². The monoisotopic (exact) mass is 400 g/mol. The number of carbonyl (C=O) groups excluding carboxylic acids is 1. The number of benzene rings is 1. The van der Waals surface area contributed by atoms with Crippen LogP contribution in [0, 0.1) is 0 Å². The maximum Gasteiger partial charge on any atom is 0.275 e. The fourth-order valence-electron chi connectivity index (χ4n) is 2.56. The molecule has 2 N–H and O–H groups in total. The highest BCUT2D eigenvalue weighted by Gasteiger charge is 2.17. The lowest BCUT2D eigenvalue weighted by atomic mass is 10.2. The topological polar surface area (TPSA) is 106 Å². The quantitative estimate of drug-likeness (QED) is 0.514. The molecule has 10 heteroatoms. The molecule has 0 fully saturated rings. The molecule has 3 heterocycles. The predicted octanol–water partition coefficient (Wildman–Crippen LogP) is 3.06. The minimum atomic E-state index is -0.530. The number of pyridine rings is 1. The van der Waals surface area contributed by atoms with Crippen LogP contribution in [0.4, 0.5) is 5.69 Å². The number of anilines is 1. The summed E-state index contributed by atoms with van der Waals surface area (Å²) in [5.74, 6) is -0.530. The third-order valence-electron chi connectivity index (χ3n) is 3.78. The molecule has 0 bridgehead atoms. The van der Waals surface area contributed by atoms with E-state index in [0.717, 1.165) is 0 Å². The molecule has 4 rings (SSSR count). The first-order chi connectivity index (χ1) is 13.0. The maximum atomic E-state index is 12.6. The fourth-order valence-corrected chi connectivity index (χ4v) is 2.89. The maximum absolute atomic E-state index is 12.6. The van der Waals surface area contributed by atoms with E-state index in [0.29, 0.717) is 22.4 Å². The highest BCUT2D eigenvalue weighted by Crippen LogP contribution is 2.24. The van der Waals surface area contributed by atoms with E-state index in [1.54, 1.807) is 24.3 Å². The van der Waals surface area contributed by atoms with Crippen LogP contribution in [0.25, 0.3) is 16.7 Å². The summed E-state index contributed by atoms with van der Waals surface area (Å²) < 4.78 is 1.47. The van der Waals surface area contributed by atoms with Crippen LogP contribution in [-0.4, -0.2) is 30.6 Å². The number of carbonyl (C=O) groups is 1. The van der Waals surface area contributed by atoms with Gasteiger partial charge in [0, 0.05) is 0 Å². The van der Waals surface area contributed by atoms with Gasteiger partial charge >= 0.3 is 0 Å². The second-order valence-corrected chi connectivity index (χ2v) is 6.26. The van der Waals surface area contributed by atoms with E-state index in [2.05, 4.69) is 25.4 Å². The number of aromatic nitrogens is 5. The van der Waals surface area contributed by atoms with Gasteiger partial charge in [-0.3, -0.25) is 9.59 Å². The minimum absolute atomic E-state index is 0.00105. The number of hydrogen-bond acceptors (Lipinski definition) is 5. The van der Waals surface area contributed by atoms with Gasteiger partial charge in [0.15, 0.2) is 5.65 Å². The summed E-state index contributed by atoms with van der Waals surface area (Å²) in [6.45, 7) is 0. The van der Waals surface area contributed by atoms with Gasteiger partial charge in [0.25, 0.3) is 11.5 Å². The van der Waals surface area contributed by atoms with Crippen LogP contribution in [-0.2, 0) is 0 Å². The molecule has 0 saturated carbocycles. The zero-order valence-electron chi connectivity index (χ0n) is 13.5. The number of amides is 1. The zero-order chi connectivity index (χ0) is 19.0. The van der Waals surface area contributed by atoms with Crippen molar-refractivity contribution in [2.45, 2.75) is 0 Å². The normalized spacial score (nSPS) is 10.9. The van der Waals surface area contributed by atoms with Crippen LogP contribution < -0.4 is 10.9 Å². The summed E-state index contributed by atoms with van der Waals surface area (Å²) in [5.41, 5.74) is 1.02. The van der Waals surface area contributed by atoms with Gasteiger partial charge in [0.05, 0.1) is 28.9 Å². The van der Waals surface area contributed by atoms with E-state index in [1.165, 1.54) is 29.3 Å². The summed E-state index contributed by atoms with van der Waals surface area (Å²) in [6, 6.07) is 9.93. The molecule has 1 amide bonds. The average molecular weight is 401 g/mol. The van der Waals surface area contributed by atoms with Crippen LogP contribution in [0.15, 0.2) is 53.7 Å². The first-order valence-electron chi connectivity index (χ1n) is 7.69. The summed E-state index contributed by atoms with van der Waals surface area (Å²) in [6.07, 6.45) is 2.70. The Balaban J connectivity index is 1.77. The zero-order valence-corrected chi connectivity index (χ0v) is 15.0. The molecule has 0 aliphatic carbocycles. The van der Waals surface area contributed by atoms with Crippen molar-refractivity contribution >= 4 is 45.8 Å². The first kappa shape index (κ1) is 17.2. The largest absolute Gasteiger partial charge is 0.319 e. The number of fused-ring (bicyclic) bond motifs is 1. The molecule has 8 nitrogen and oxygen atoms in total. The molecule has 0 spiro atoms. The van der Waals surface area contributed by atoms with Gasteiger partial charge in [-0.25, -0.2) is 14.6 Å². The lowest BCUT2D eigenvalue weighted by Crippen LogP contribution is -2.16. The summed E-state index contributed by atoms with van der Waals surface area (Å²) in [5, 5.41) is 7.62. The van der Waals surface area contributed by atoms with Crippen molar-refractivity contribution in [2.75, 3.05) is 5.32 Å². The molecular formula is C17H10Cl2N6O2. The van der Waals surface area contributed by atoms with Gasteiger partial charge in [-0.05, 0) is 24.3 Å². The van der Waals surface area contributed by atoms with Gasteiger partial charge in [-0.1, -0.05) is 35.3 Å². The summed E-state index contributed by atoms with van der Waals surface area (Å²) in [7, 11) is 0. The van der Waals surface area contributed by atoms with Crippen molar-refractivity contribution < 1.29 is 4.79 Å². The van der Waals surface area contributed by atoms with Crippen LogP contribution in [0.5, 0.6) is 0 Å². The average Bonchev–Trinajstić information content (AvgIpc) is 3.09. The molecular weight excluding hydrogens is 391 g/mol. The summed E-state index contributed by atoms with van der Waals surface area (Å²) in [4.78, 5) is 35.1. The minimum Gasteiger partial charge on any atom is -0.319 e. The number of rotatable bonds is 3. The van der Waals surface area contributed by atoms with Gasteiger partial charge in [0.1, 0.15) is 16.2 Å². The molecule has 0 aliphatic heterocycles. The SMILES string of the molecule is O=C(Nc1ccccc1-n1ncc2c(=O)[nH]cnc21)c1nc(Cl)ccc1Cl. The van der Waals surface area contributed by atoms with Gasteiger partial charge in [-0.15, -0.1) is 0 Å². The van der Waals surface area contributed by atoms with Gasteiger partial charge in [0.2, 0.25) is 0 Å². The standard InChI is InChI=1S/C17H10Cl2N6O2/c18-10-5-6-13(19)24-14(10)17(27)23-11-3-1-2-4-12(11)25-15-9(7-22-25)16(26)21-8-20-15/h1-8H,(H,23,27)(H,20,21,26). The molecule has 0 saturated heterocycles. The van der Waals surface area contributed by atoms with Gasteiger partial charge in [-0.2, -0.15) is 5.10 Å². The van der Waals surface area contributed by atoms with Crippen LogP contribution >= 0.6 is 23.2 Å². The Morgan fingerprint density at radius 3 is 2.81 bits per heavy atom.